The molecule has 0 spiro atoms. The van der Waals surface area contributed by atoms with Gasteiger partial charge in [-0.05, 0) is 53.9 Å². The molecular formula is C34H41ClO11. The Morgan fingerprint density at radius 2 is 1.57 bits per heavy atom. The molecule has 0 bridgehead atoms. The highest BCUT2D eigenvalue weighted by Crippen LogP contribution is 2.46. The Morgan fingerprint density at radius 1 is 0.935 bits per heavy atom. The van der Waals surface area contributed by atoms with Gasteiger partial charge in [-0.3, -0.25) is 19.2 Å². The largest absolute Gasteiger partial charge is 0.492 e. The van der Waals surface area contributed by atoms with E-state index in [-0.39, 0.29) is 19.1 Å². The van der Waals surface area contributed by atoms with E-state index in [0.717, 1.165) is 22.3 Å². The number of hydrogen-bond acceptors (Lipinski definition) is 11. The number of halogens is 1. The molecule has 1 unspecified atom stereocenters. The van der Waals surface area contributed by atoms with Gasteiger partial charge in [0.2, 0.25) is 0 Å². The average molecular weight is 661 g/mol. The minimum absolute atomic E-state index is 0.107. The van der Waals surface area contributed by atoms with Crippen molar-refractivity contribution >= 4 is 35.5 Å². The Kier molecular flexibility index (Phi) is 12.0. The van der Waals surface area contributed by atoms with E-state index in [1.54, 1.807) is 0 Å². The van der Waals surface area contributed by atoms with Crippen LogP contribution >= 0.6 is 11.6 Å². The molecule has 11 nitrogen and oxygen atoms in total. The van der Waals surface area contributed by atoms with Crippen LogP contribution in [0.25, 0.3) is 0 Å². The van der Waals surface area contributed by atoms with Crippen LogP contribution in [0.4, 0.5) is 0 Å². The van der Waals surface area contributed by atoms with Gasteiger partial charge < -0.3 is 33.5 Å². The van der Waals surface area contributed by atoms with Crippen LogP contribution in [0, 0.1) is 0 Å². The van der Waals surface area contributed by atoms with Gasteiger partial charge in [-0.2, -0.15) is 0 Å². The highest BCUT2D eigenvalue weighted by atomic mass is 35.5. The molecule has 1 N–H and O–H groups in total. The molecule has 0 saturated carbocycles. The van der Waals surface area contributed by atoms with Crippen molar-refractivity contribution in [1.82, 2.24) is 0 Å². The van der Waals surface area contributed by atoms with Crippen LogP contribution in [0.2, 0.25) is 5.02 Å². The van der Waals surface area contributed by atoms with E-state index >= 15 is 0 Å². The van der Waals surface area contributed by atoms with E-state index in [4.69, 9.17) is 40.0 Å². The summed E-state index contributed by atoms with van der Waals surface area (Å²) in [5.74, 6) is -1.98. The van der Waals surface area contributed by atoms with Crippen molar-refractivity contribution in [1.29, 1.82) is 0 Å². The smallest absolute Gasteiger partial charge is 0.303 e. The lowest BCUT2D eigenvalue weighted by Gasteiger charge is -2.45. The molecule has 1 fully saturated rings. The zero-order valence-corrected chi connectivity index (χ0v) is 27.5. The number of fused-ring (bicyclic) bond motifs is 1. The molecule has 2 heterocycles. The quantitative estimate of drug-likeness (QED) is 0.268. The van der Waals surface area contributed by atoms with E-state index in [9.17, 15) is 24.3 Å². The maximum Gasteiger partial charge on any atom is 0.303 e. The van der Waals surface area contributed by atoms with Crippen molar-refractivity contribution in [3.8, 4) is 5.75 Å². The maximum atomic E-state index is 12.5. The van der Waals surface area contributed by atoms with Gasteiger partial charge in [0, 0.05) is 39.9 Å². The summed E-state index contributed by atoms with van der Waals surface area (Å²) in [6.07, 6.45) is -3.56. The first-order valence-electron chi connectivity index (χ1n) is 15.4. The molecule has 46 heavy (non-hydrogen) atoms. The normalized spacial score (nSPS) is 22.9. The van der Waals surface area contributed by atoms with Crippen LogP contribution in [-0.4, -0.2) is 73.2 Å². The summed E-state index contributed by atoms with van der Waals surface area (Å²) in [6.45, 7) is 7.10. The molecule has 4 rings (SSSR count). The van der Waals surface area contributed by atoms with Crippen LogP contribution in [0.3, 0.4) is 0 Å². The number of benzene rings is 2. The molecule has 0 amide bonds. The Hall–Kier alpha value is -3.67. The van der Waals surface area contributed by atoms with Gasteiger partial charge in [-0.25, -0.2) is 0 Å². The summed E-state index contributed by atoms with van der Waals surface area (Å²) in [5, 5.41) is 9.77. The molecule has 0 aliphatic carbocycles. The first-order valence-corrected chi connectivity index (χ1v) is 15.7. The molecule has 2 aromatic carbocycles. The van der Waals surface area contributed by atoms with Gasteiger partial charge in [-0.15, -0.1) is 0 Å². The second-order valence-electron chi connectivity index (χ2n) is 11.7. The van der Waals surface area contributed by atoms with Crippen LogP contribution in [0.5, 0.6) is 5.75 Å². The van der Waals surface area contributed by atoms with Crippen molar-refractivity contribution in [3.63, 3.8) is 0 Å². The second kappa shape index (κ2) is 15.8. The lowest BCUT2D eigenvalue weighted by molar-refractivity contribution is -0.254. The zero-order valence-electron chi connectivity index (χ0n) is 26.7. The third-order valence-corrected chi connectivity index (χ3v) is 8.47. The topological polar surface area (TPSA) is 144 Å². The molecule has 6 atom stereocenters. The summed E-state index contributed by atoms with van der Waals surface area (Å²) in [5.41, 5.74) is 4.15. The minimum Gasteiger partial charge on any atom is -0.492 e. The fourth-order valence-electron chi connectivity index (χ4n) is 5.98. The van der Waals surface area contributed by atoms with Gasteiger partial charge in [0.15, 0.2) is 18.3 Å². The lowest BCUT2D eigenvalue weighted by Crippen LogP contribution is -2.59. The molecular weight excluding hydrogens is 620 g/mol. The Morgan fingerprint density at radius 3 is 2.17 bits per heavy atom. The monoisotopic (exact) mass is 660 g/mol. The van der Waals surface area contributed by atoms with Crippen molar-refractivity contribution in [2.24, 2.45) is 0 Å². The van der Waals surface area contributed by atoms with Crippen LogP contribution in [0.1, 0.15) is 87.3 Å². The lowest BCUT2D eigenvalue weighted by atomic mass is 9.85. The third kappa shape index (κ3) is 8.57. The van der Waals surface area contributed by atoms with Gasteiger partial charge >= 0.3 is 23.9 Å². The minimum atomic E-state index is -1.29. The van der Waals surface area contributed by atoms with Gasteiger partial charge in [-0.1, -0.05) is 48.9 Å². The molecule has 2 aliphatic heterocycles. The summed E-state index contributed by atoms with van der Waals surface area (Å²) < 4.78 is 34.8. The predicted molar refractivity (Wildman–Crippen MR) is 166 cm³/mol. The number of esters is 4. The number of carbonyl (C=O) groups excluding carboxylic acids is 4. The molecule has 0 aromatic heterocycles. The first-order chi connectivity index (χ1) is 21.9. The standard InChI is InChI=1S/C34H41ClO11/c1-18(12-13-36)24-10-8-23(9-11-24)15-25-16-27(26-7-6-14-41-30(26)29(25)35)31-33(44-21(4)39)34(45-22(5)40)32(43-20(3)38)28(46-31)17-42-19(2)37/h8-11,16,18,28,31-34,36H,6-7,12-15,17H2,1-5H3/t18?,28-,31+,32-,33+,34+/m1/s1. The van der Waals surface area contributed by atoms with Crippen LogP contribution in [-0.2, 0) is 55.7 Å². The number of aliphatic hydroxyl groups is 1. The number of rotatable bonds is 11. The van der Waals surface area contributed by atoms with Gasteiger partial charge in [0.25, 0.3) is 0 Å². The van der Waals surface area contributed by atoms with Gasteiger partial charge in [0.05, 0.1) is 11.6 Å². The number of hydrogen-bond donors (Lipinski definition) is 1. The summed E-state index contributed by atoms with van der Waals surface area (Å²) in [4.78, 5) is 48.8. The maximum absolute atomic E-state index is 12.5. The van der Waals surface area contributed by atoms with Gasteiger partial charge in [0.1, 0.15) is 24.6 Å². The summed E-state index contributed by atoms with van der Waals surface area (Å²) in [7, 11) is 0. The molecule has 250 valence electrons. The number of carbonyl (C=O) groups is 4. The van der Waals surface area contributed by atoms with Crippen molar-refractivity contribution in [2.45, 2.75) is 96.7 Å². The van der Waals surface area contributed by atoms with E-state index in [0.29, 0.717) is 48.6 Å². The molecule has 2 aliphatic rings. The number of ether oxygens (including phenoxy) is 6. The van der Waals surface area contributed by atoms with Crippen LogP contribution < -0.4 is 4.74 Å². The first kappa shape index (κ1) is 35.2. The fraction of sp³-hybridized carbons (Fsp3) is 0.529. The summed E-state index contributed by atoms with van der Waals surface area (Å²) in [6, 6.07) is 9.94. The highest BCUT2D eigenvalue weighted by Gasteiger charge is 2.53. The SMILES string of the molecule is CC(=O)OC[C@H]1O[C@@H](c2cc(Cc3ccc(C(C)CCO)cc3)c(Cl)c3c2CCCO3)[C@H](OC(C)=O)[C@@H](OC(C)=O)[C@@H]1OC(C)=O. The van der Waals surface area contributed by atoms with E-state index < -0.39 is 54.4 Å². The fourth-order valence-corrected chi connectivity index (χ4v) is 6.27. The zero-order chi connectivity index (χ0) is 33.5. The molecule has 1 saturated heterocycles. The van der Waals surface area contributed by atoms with Crippen molar-refractivity contribution < 1.29 is 52.7 Å². The summed E-state index contributed by atoms with van der Waals surface area (Å²) >= 11 is 6.96. The Labute approximate surface area is 273 Å². The van der Waals surface area contributed by atoms with Crippen molar-refractivity contribution in [3.05, 3.63) is 63.2 Å². The average Bonchev–Trinajstić information content (AvgIpc) is 2.99. The Balaban J connectivity index is 1.83. The Bertz CT molecular complexity index is 1420. The van der Waals surface area contributed by atoms with E-state index in [2.05, 4.69) is 6.92 Å². The second-order valence-corrected chi connectivity index (χ2v) is 12.0. The van der Waals surface area contributed by atoms with Crippen molar-refractivity contribution in [2.75, 3.05) is 19.8 Å². The molecule has 0 radical (unpaired) electrons. The number of aliphatic hydroxyl groups excluding tert-OH is 1. The van der Waals surface area contributed by atoms with E-state index in [1.165, 1.54) is 27.7 Å². The van der Waals surface area contributed by atoms with Crippen LogP contribution in [0.15, 0.2) is 30.3 Å². The highest BCUT2D eigenvalue weighted by molar-refractivity contribution is 6.33. The third-order valence-electron chi connectivity index (χ3n) is 8.05. The molecule has 12 heteroatoms. The van der Waals surface area contributed by atoms with E-state index in [1.807, 2.05) is 30.3 Å². The molecule has 2 aromatic rings. The predicted octanol–water partition coefficient (Wildman–Crippen LogP) is 4.54.